The highest BCUT2D eigenvalue weighted by Gasteiger charge is 2.26. The van der Waals surface area contributed by atoms with E-state index in [1.807, 2.05) is 37.3 Å². The Morgan fingerprint density at radius 1 is 1.34 bits per heavy atom. The van der Waals surface area contributed by atoms with Gasteiger partial charge in [-0.2, -0.15) is 0 Å². The van der Waals surface area contributed by atoms with Crippen LogP contribution < -0.4 is 5.56 Å². The number of carbonyl (C=O) groups excluding carboxylic acids is 1. The summed E-state index contributed by atoms with van der Waals surface area (Å²) in [5.74, 6) is 0.418. The number of fused-ring (bicyclic) bond motifs is 3. The van der Waals surface area contributed by atoms with Gasteiger partial charge in [0.05, 0.1) is 11.3 Å². The van der Waals surface area contributed by atoms with E-state index in [0.717, 1.165) is 40.6 Å². The summed E-state index contributed by atoms with van der Waals surface area (Å²) in [5.41, 5.74) is 1.96. The molecular formula is C23H26N2O3S. The molecule has 0 amide bonds. The van der Waals surface area contributed by atoms with Gasteiger partial charge in [0.2, 0.25) is 0 Å². The van der Waals surface area contributed by atoms with Crippen LogP contribution in [0.2, 0.25) is 0 Å². The van der Waals surface area contributed by atoms with Gasteiger partial charge in [0.25, 0.3) is 5.56 Å². The van der Waals surface area contributed by atoms with E-state index in [1.54, 1.807) is 18.3 Å². The molecule has 5 nitrogen and oxygen atoms in total. The Morgan fingerprint density at radius 2 is 2.10 bits per heavy atom. The number of aromatic nitrogens is 2. The average Bonchev–Trinajstić information content (AvgIpc) is 3.07. The van der Waals surface area contributed by atoms with Crippen molar-refractivity contribution in [3.8, 4) is 0 Å². The van der Waals surface area contributed by atoms with E-state index in [9.17, 15) is 9.59 Å². The maximum absolute atomic E-state index is 12.8. The molecule has 1 aliphatic rings. The summed E-state index contributed by atoms with van der Waals surface area (Å²) in [6.07, 6.45) is 3.07. The Kier molecular flexibility index (Phi) is 5.54. The number of thiophene rings is 1. The van der Waals surface area contributed by atoms with Crippen molar-refractivity contribution in [3.63, 3.8) is 0 Å². The number of hydrogen-bond donors (Lipinski definition) is 1. The molecule has 3 aromatic rings. The van der Waals surface area contributed by atoms with E-state index in [4.69, 9.17) is 4.74 Å². The Balaban J connectivity index is 1.59. The summed E-state index contributed by atoms with van der Waals surface area (Å²) >= 11 is 1.60. The molecule has 6 heteroatoms. The zero-order valence-electron chi connectivity index (χ0n) is 17.0. The van der Waals surface area contributed by atoms with E-state index in [1.165, 1.54) is 4.88 Å². The fraction of sp³-hybridized carbons (Fsp3) is 0.435. The molecule has 4 rings (SSSR count). The number of carbonyl (C=O) groups is 1. The number of benzene rings is 1. The third-order valence-corrected chi connectivity index (χ3v) is 6.90. The topological polar surface area (TPSA) is 72.0 Å². The summed E-state index contributed by atoms with van der Waals surface area (Å²) in [6, 6.07) is 9.63. The standard InChI is InChI=1S/C23H26N2O3S/c1-4-16(15-8-6-5-7-9-15)23(27)28-14(3)20-24-21(26)19-17-11-10-13(2)12-18(17)29-22(19)25-20/h5-9,13-14,16H,4,10-12H2,1-3H3,(H,24,25,26)/t13-,14+,16-/m1/s1. The highest BCUT2D eigenvalue weighted by atomic mass is 32.1. The van der Waals surface area contributed by atoms with Crippen LogP contribution in [-0.2, 0) is 22.4 Å². The molecule has 3 atom stereocenters. The zero-order valence-corrected chi connectivity index (χ0v) is 17.8. The molecule has 0 fully saturated rings. The number of nitrogens with one attached hydrogen (secondary N) is 1. The third kappa shape index (κ3) is 3.86. The van der Waals surface area contributed by atoms with Gasteiger partial charge < -0.3 is 9.72 Å². The van der Waals surface area contributed by atoms with Crippen molar-refractivity contribution < 1.29 is 9.53 Å². The normalized spacial score (nSPS) is 18.2. The van der Waals surface area contributed by atoms with Crippen LogP contribution in [0.4, 0.5) is 0 Å². The average molecular weight is 411 g/mol. The summed E-state index contributed by atoms with van der Waals surface area (Å²) in [6.45, 7) is 5.97. The van der Waals surface area contributed by atoms with E-state index in [-0.39, 0.29) is 17.4 Å². The number of aromatic amines is 1. The first-order valence-corrected chi connectivity index (χ1v) is 11.1. The Morgan fingerprint density at radius 3 is 2.83 bits per heavy atom. The van der Waals surface area contributed by atoms with Gasteiger partial charge in [-0.25, -0.2) is 4.98 Å². The molecule has 1 aliphatic carbocycles. The zero-order chi connectivity index (χ0) is 20.5. The summed E-state index contributed by atoms with van der Waals surface area (Å²) in [4.78, 5) is 35.1. The maximum atomic E-state index is 12.8. The van der Waals surface area contributed by atoms with Gasteiger partial charge in [0.15, 0.2) is 11.9 Å². The minimum absolute atomic E-state index is 0.130. The molecule has 0 saturated heterocycles. The molecular weight excluding hydrogens is 384 g/mol. The second-order valence-electron chi connectivity index (χ2n) is 7.93. The monoisotopic (exact) mass is 410 g/mol. The number of aryl methyl sites for hydroxylation is 1. The summed E-state index contributed by atoms with van der Waals surface area (Å²) in [7, 11) is 0. The van der Waals surface area contributed by atoms with Gasteiger partial charge in [0, 0.05) is 4.88 Å². The second-order valence-corrected chi connectivity index (χ2v) is 9.02. The number of ether oxygens (including phenoxy) is 1. The maximum Gasteiger partial charge on any atom is 0.314 e. The lowest BCUT2D eigenvalue weighted by molar-refractivity contribution is -0.151. The fourth-order valence-corrected chi connectivity index (χ4v) is 5.48. The van der Waals surface area contributed by atoms with Gasteiger partial charge in [-0.1, -0.05) is 44.2 Å². The van der Waals surface area contributed by atoms with Gasteiger partial charge in [-0.3, -0.25) is 9.59 Å². The van der Waals surface area contributed by atoms with Crippen LogP contribution in [0.25, 0.3) is 10.2 Å². The first kappa shape index (κ1) is 19.8. The quantitative estimate of drug-likeness (QED) is 0.607. The number of H-pyrrole nitrogens is 1. The lowest BCUT2D eigenvalue weighted by Crippen LogP contribution is -2.21. The highest BCUT2D eigenvalue weighted by molar-refractivity contribution is 7.18. The van der Waals surface area contributed by atoms with Gasteiger partial charge in [-0.05, 0) is 49.7 Å². The Labute approximate surface area is 174 Å². The number of esters is 1. The molecule has 0 bridgehead atoms. The van der Waals surface area contributed by atoms with Crippen LogP contribution in [0, 0.1) is 5.92 Å². The molecule has 0 unspecified atom stereocenters. The van der Waals surface area contributed by atoms with Gasteiger partial charge in [-0.15, -0.1) is 11.3 Å². The van der Waals surface area contributed by atoms with Crippen LogP contribution in [0.15, 0.2) is 35.1 Å². The number of nitrogens with zero attached hydrogens (tertiary/aromatic N) is 1. The van der Waals surface area contributed by atoms with Crippen LogP contribution in [-0.4, -0.2) is 15.9 Å². The van der Waals surface area contributed by atoms with Crippen molar-refractivity contribution in [1.82, 2.24) is 9.97 Å². The first-order chi connectivity index (χ1) is 14.0. The van der Waals surface area contributed by atoms with E-state index < -0.39 is 6.10 Å². The predicted octanol–water partition coefficient (Wildman–Crippen LogP) is 4.91. The van der Waals surface area contributed by atoms with Crippen LogP contribution >= 0.6 is 11.3 Å². The van der Waals surface area contributed by atoms with Crippen LogP contribution in [0.5, 0.6) is 0 Å². The molecule has 0 radical (unpaired) electrons. The van der Waals surface area contributed by atoms with Crippen molar-refractivity contribution in [2.24, 2.45) is 5.92 Å². The first-order valence-electron chi connectivity index (χ1n) is 10.3. The van der Waals surface area contributed by atoms with E-state index in [2.05, 4.69) is 16.9 Å². The lowest BCUT2D eigenvalue weighted by atomic mass is 9.89. The number of rotatable bonds is 5. The van der Waals surface area contributed by atoms with Crippen LogP contribution in [0.3, 0.4) is 0 Å². The molecule has 1 N–H and O–H groups in total. The molecule has 29 heavy (non-hydrogen) atoms. The van der Waals surface area contributed by atoms with E-state index >= 15 is 0 Å². The molecule has 152 valence electrons. The molecule has 2 aromatic heterocycles. The largest absolute Gasteiger partial charge is 0.454 e. The van der Waals surface area contributed by atoms with Gasteiger partial charge >= 0.3 is 5.97 Å². The predicted molar refractivity (Wildman–Crippen MR) is 115 cm³/mol. The summed E-state index contributed by atoms with van der Waals surface area (Å²) in [5, 5.41) is 0.717. The second kappa shape index (κ2) is 8.11. The van der Waals surface area contributed by atoms with Crippen molar-refractivity contribution >= 4 is 27.5 Å². The smallest absolute Gasteiger partial charge is 0.314 e. The van der Waals surface area contributed by atoms with Crippen molar-refractivity contribution in [1.29, 1.82) is 0 Å². The fourth-order valence-electron chi connectivity index (χ4n) is 4.09. The lowest BCUT2D eigenvalue weighted by Gasteiger charge is -2.18. The Bertz CT molecular complexity index is 1090. The van der Waals surface area contributed by atoms with Crippen molar-refractivity contribution in [2.75, 3.05) is 0 Å². The third-order valence-electron chi connectivity index (χ3n) is 5.76. The molecule has 2 heterocycles. The van der Waals surface area contributed by atoms with E-state index in [0.29, 0.717) is 18.2 Å². The summed E-state index contributed by atoms with van der Waals surface area (Å²) < 4.78 is 5.70. The molecule has 1 aromatic carbocycles. The van der Waals surface area contributed by atoms with Crippen molar-refractivity contribution in [2.45, 2.75) is 58.5 Å². The molecule has 0 spiro atoms. The molecule has 0 saturated carbocycles. The SMILES string of the molecule is CC[C@@H](C(=O)O[C@@H](C)c1nc2sc3c(c2c(=O)[nH]1)CC[C@@H](C)C3)c1ccccc1. The highest BCUT2D eigenvalue weighted by Crippen LogP contribution is 2.36. The number of hydrogen-bond acceptors (Lipinski definition) is 5. The Hall–Kier alpha value is -2.47. The van der Waals surface area contributed by atoms with Crippen molar-refractivity contribution in [3.05, 3.63) is 62.5 Å². The minimum atomic E-state index is -0.615. The van der Waals surface area contributed by atoms with Crippen LogP contribution in [0.1, 0.15) is 67.5 Å². The van der Waals surface area contributed by atoms with Gasteiger partial charge in [0.1, 0.15) is 4.83 Å². The molecule has 0 aliphatic heterocycles. The minimum Gasteiger partial charge on any atom is -0.454 e.